The summed E-state index contributed by atoms with van der Waals surface area (Å²) in [5.74, 6) is -0.212. The number of amides is 2. The van der Waals surface area contributed by atoms with Crippen LogP contribution >= 0.6 is 0 Å². The molecule has 1 aromatic carbocycles. The summed E-state index contributed by atoms with van der Waals surface area (Å²) < 4.78 is 12.9. The maximum atomic E-state index is 12.9. The zero-order valence-electron chi connectivity index (χ0n) is 14.4. The number of hydrogen-bond donors (Lipinski definition) is 1. The number of hydrogen-bond acceptors (Lipinski definition) is 3. The van der Waals surface area contributed by atoms with Crippen molar-refractivity contribution in [1.29, 1.82) is 0 Å². The second-order valence-electron chi connectivity index (χ2n) is 6.34. The van der Waals surface area contributed by atoms with Crippen LogP contribution in [0.4, 0.5) is 4.39 Å². The van der Waals surface area contributed by atoms with E-state index in [4.69, 9.17) is 0 Å². The molecule has 1 aliphatic heterocycles. The van der Waals surface area contributed by atoms with Crippen LogP contribution in [0.3, 0.4) is 0 Å². The normalized spacial score (nSPS) is 16.7. The molecule has 0 saturated carbocycles. The van der Waals surface area contributed by atoms with Gasteiger partial charge in [0.15, 0.2) is 0 Å². The summed E-state index contributed by atoms with van der Waals surface area (Å²) in [6.07, 6.45) is 1.20. The van der Waals surface area contributed by atoms with Crippen LogP contribution in [0.5, 0.6) is 0 Å². The van der Waals surface area contributed by atoms with E-state index >= 15 is 0 Å². The third-order valence-electron chi connectivity index (χ3n) is 4.38. The van der Waals surface area contributed by atoms with Gasteiger partial charge in [0.25, 0.3) is 0 Å². The summed E-state index contributed by atoms with van der Waals surface area (Å²) in [5.41, 5.74) is 0.816. The topological polar surface area (TPSA) is 52.7 Å². The summed E-state index contributed by atoms with van der Waals surface area (Å²) >= 11 is 0. The van der Waals surface area contributed by atoms with Gasteiger partial charge in [0.1, 0.15) is 5.82 Å². The molecular weight excluding hydrogens is 309 g/mol. The molecule has 1 unspecified atom stereocenters. The first-order valence-electron chi connectivity index (χ1n) is 8.52. The molecule has 0 aliphatic carbocycles. The smallest absolute Gasteiger partial charge is 0.234 e. The fourth-order valence-electron chi connectivity index (χ4n) is 2.67. The molecule has 1 saturated heterocycles. The van der Waals surface area contributed by atoms with Gasteiger partial charge in [0, 0.05) is 32.2 Å². The lowest BCUT2D eigenvalue weighted by atomic mass is 10.1. The SMILES string of the molecule is CCC(C)NC(=O)CN1CCN(C(=O)Cc2ccc(F)cc2)CC1. The second-order valence-corrected chi connectivity index (χ2v) is 6.34. The van der Waals surface area contributed by atoms with Crippen molar-refractivity contribution in [3.63, 3.8) is 0 Å². The van der Waals surface area contributed by atoms with Gasteiger partial charge in [-0.05, 0) is 31.0 Å². The zero-order chi connectivity index (χ0) is 17.5. The Labute approximate surface area is 142 Å². The fraction of sp³-hybridized carbons (Fsp3) is 0.556. The molecule has 1 atom stereocenters. The molecule has 0 aromatic heterocycles. The summed E-state index contributed by atoms with van der Waals surface area (Å²) in [4.78, 5) is 28.1. The standard InChI is InChI=1S/C18H26FN3O2/c1-3-14(2)20-17(23)13-21-8-10-22(11-9-21)18(24)12-15-4-6-16(19)7-5-15/h4-7,14H,3,8-13H2,1-2H3,(H,20,23). The second kappa shape index (κ2) is 8.78. The number of benzene rings is 1. The van der Waals surface area contributed by atoms with Crippen molar-refractivity contribution in [3.8, 4) is 0 Å². The van der Waals surface area contributed by atoms with Crippen LogP contribution in [0.25, 0.3) is 0 Å². The lowest BCUT2D eigenvalue weighted by Gasteiger charge is -2.34. The molecule has 1 heterocycles. The minimum absolute atomic E-state index is 0.0374. The van der Waals surface area contributed by atoms with Gasteiger partial charge in [-0.25, -0.2) is 4.39 Å². The lowest BCUT2D eigenvalue weighted by Crippen LogP contribution is -2.52. The van der Waals surface area contributed by atoms with E-state index in [2.05, 4.69) is 10.2 Å². The van der Waals surface area contributed by atoms with E-state index in [1.54, 1.807) is 12.1 Å². The van der Waals surface area contributed by atoms with E-state index in [0.717, 1.165) is 12.0 Å². The number of halogens is 1. The maximum Gasteiger partial charge on any atom is 0.234 e. The molecule has 0 spiro atoms. The fourth-order valence-corrected chi connectivity index (χ4v) is 2.67. The van der Waals surface area contributed by atoms with Gasteiger partial charge in [-0.3, -0.25) is 14.5 Å². The highest BCUT2D eigenvalue weighted by atomic mass is 19.1. The number of rotatable bonds is 6. The average Bonchev–Trinajstić information content (AvgIpc) is 2.57. The van der Waals surface area contributed by atoms with Crippen molar-refractivity contribution in [2.24, 2.45) is 0 Å². The van der Waals surface area contributed by atoms with Crippen molar-refractivity contribution < 1.29 is 14.0 Å². The zero-order valence-corrected chi connectivity index (χ0v) is 14.4. The van der Waals surface area contributed by atoms with Crippen LogP contribution in [-0.2, 0) is 16.0 Å². The molecular formula is C18H26FN3O2. The average molecular weight is 335 g/mol. The number of carbonyl (C=O) groups excluding carboxylic acids is 2. The van der Waals surface area contributed by atoms with Crippen molar-refractivity contribution in [2.75, 3.05) is 32.7 Å². The molecule has 1 aliphatic rings. The molecule has 1 N–H and O–H groups in total. The molecule has 1 fully saturated rings. The highest BCUT2D eigenvalue weighted by Crippen LogP contribution is 2.08. The van der Waals surface area contributed by atoms with Crippen molar-refractivity contribution in [1.82, 2.24) is 15.1 Å². The van der Waals surface area contributed by atoms with Gasteiger partial charge in [-0.15, -0.1) is 0 Å². The van der Waals surface area contributed by atoms with Crippen LogP contribution in [-0.4, -0.2) is 60.4 Å². The van der Waals surface area contributed by atoms with E-state index in [0.29, 0.717) is 32.7 Å². The van der Waals surface area contributed by atoms with Gasteiger partial charge in [-0.2, -0.15) is 0 Å². The predicted octanol–water partition coefficient (Wildman–Crippen LogP) is 1.43. The quantitative estimate of drug-likeness (QED) is 0.856. The van der Waals surface area contributed by atoms with Gasteiger partial charge in [0.05, 0.1) is 13.0 Å². The Morgan fingerprint density at radius 1 is 1.17 bits per heavy atom. The van der Waals surface area contributed by atoms with Crippen LogP contribution in [0, 0.1) is 5.82 Å². The summed E-state index contributed by atoms with van der Waals surface area (Å²) in [7, 11) is 0. The molecule has 1 aromatic rings. The third kappa shape index (κ3) is 5.60. The Morgan fingerprint density at radius 3 is 2.38 bits per heavy atom. The molecule has 132 valence electrons. The molecule has 2 rings (SSSR count). The minimum Gasteiger partial charge on any atom is -0.353 e. The van der Waals surface area contributed by atoms with Crippen LogP contribution in [0.1, 0.15) is 25.8 Å². The number of piperazine rings is 1. The molecule has 24 heavy (non-hydrogen) atoms. The number of nitrogens with zero attached hydrogens (tertiary/aromatic N) is 2. The van der Waals surface area contributed by atoms with Crippen molar-refractivity contribution >= 4 is 11.8 Å². The molecule has 0 radical (unpaired) electrons. The molecule has 2 amide bonds. The first kappa shape index (κ1) is 18.4. The lowest BCUT2D eigenvalue weighted by molar-refractivity contribution is -0.132. The van der Waals surface area contributed by atoms with E-state index < -0.39 is 0 Å². The molecule has 6 heteroatoms. The highest BCUT2D eigenvalue weighted by molar-refractivity contribution is 5.79. The van der Waals surface area contributed by atoms with E-state index in [-0.39, 0.29) is 30.1 Å². The highest BCUT2D eigenvalue weighted by Gasteiger charge is 2.22. The van der Waals surface area contributed by atoms with E-state index in [1.165, 1.54) is 12.1 Å². The summed E-state index contributed by atoms with van der Waals surface area (Å²) in [6.45, 7) is 7.05. The van der Waals surface area contributed by atoms with Gasteiger partial charge in [-0.1, -0.05) is 19.1 Å². The Hall–Kier alpha value is -1.95. The number of carbonyl (C=O) groups is 2. The minimum atomic E-state index is -0.296. The Bertz CT molecular complexity index is 554. The van der Waals surface area contributed by atoms with Crippen molar-refractivity contribution in [3.05, 3.63) is 35.6 Å². The first-order chi connectivity index (χ1) is 11.5. The monoisotopic (exact) mass is 335 g/mol. The van der Waals surface area contributed by atoms with Crippen molar-refractivity contribution in [2.45, 2.75) is 32.7 Å². The summed E-state index contributed by atoms with van der Waals surface area (Å²) in [6, 6.07) is 6.22. The van der Waals surface area contributed by atoms with Gasteiger partial charge >= 0.3 is 0 Å². The van der Waals surface area contributed by atoms with Gasteiger partial charge in [0.2, 0.25) is 11.8 Å². The van der Waals surface area contributed by atoms with E-state index in [9.17, 15) is 14.0 Å². The molecule has 0 bridgehead atoms. The van der Waals surface area contributed by atoms with E-state index in [1.807, 2.05) is 18.7 Å². The Balaban J connectivity index is 1.74. The predicted molar refractivity (Wildman–Crippen MR) is 91.0 cm³/mol. The Morgan fingerprint density at radius 2 is 1.79 bits per heavy atom. The van der Waals surface area contributed by atoms with Gasteiger partial charge < -0.3 is 10.2 Å². The maximum absolute atomic E-state index is 12.9. The Kier molecular flexibility index (Phi) is 6.73. The largest absolute Gasteiger partial charge is 0.353 e. The summed E-state index contributed by atoms with van der Waals surface area (Å²) in [5, 5.41) is 2.96. The van der Waals surface area contributed by atoms with Crippen LogP contribution in [0.15, 0.2) is 24.3 Å². The molecule has 5 nitrogen and oxygen atoms in total. The van der Waals surface area contributed by atoms with Crippen LogP contribution < -0.4 is 5.32 Å². The van der Waals surface area contributed by atoms with Crippen LogP contribution in [0.2, 0.25) is 0 Å². The first-order valence-corrected chi connectivity index (χ1v) is 8.52. The third-order valence-corrected chi connectivity index (χ3v) is 4.38. The number of nitrogens with one attached hydrogen (secondary N) is 1.